The first-order valence-electron chi connectivity index (χ1n) is 7.81. The lowest BCUT2D eigenvalue weighted by Crippen LogP contribution is -2.13. The van der Waals surface area contributed by atoms with Crippen molar-refractivity contribution in [2.24, 2.45) is 0 Å². The predicted molar refractivity (Wildman–Crippen MR) is 87.5 cm³/mol. The second kappa shape index (κ2) is 7.05. The molecule has 2 aromatic rings. The van der Waals surface area contributed by atoms with Gasteiger partial charge in [-0.3, -0.25) is 0 Å². The molecule has 0 bridgehead atoms. The van der Waals surface area contributed by atoms with Crippen LogP contribution in [0.5, 0.6) is 0 Å². The van der Waals surface area contributed by atoms with Crippen LogP contribution in [0.4, 0.5) is 0 Å². The lowest BCUT2D eigenvalue weighted by molar-refractivity contribution is -0.0441. The number of aryl methyl sites for hydroxylation is 2. The van der Waals surface area contributed by atoms with Crippen LogP contribution in [0.2, 0.25) is 0 Å². The maximum atomic E-state index is 5.55. The standard InChI is InChI=1S/C19H23NO2/c1-14-8-15(2)10-17(9-14)13-20-12-16-4-3-5-18(11-16)19-21-6-7-22-19/h3-5,8-11,19-20H,6-7,12-13H2,1-2H3. The van der Waals surface area contributed by atoms with Crippen molar-refractivity contribution in [3.8, 4) is 0 Å². The minimum atomic E-state index is -0.195. The molecular weight excluding hydrogens is 274 g/mol. The molecule has 1 heterocycles. The molecule has 1 aliphatic rings. The highest BCUT2D eigenvalue weighted by atomic mass is 16.7. The van der Waals surface area contributed by atoms with Gasteiger partial charge in [-0.2, -0.15) is 0 Å². The summed E-state index contributed by atoms with van der Waals surface area (Å²) in [5.41, 5.74) is 6.31. The van der Waals surface area contributed by atoms with Gasteiger partial charge in [0.15, 0.2) is 6.29 Å². The van der Waals surface area contributed by atoms with E-state index in [9.17, 15) is 0 Å². The van der Waals surface area contributed by atoms with Crippen LogP contribution >= 0.6 is 0 Å². The zero-order chi connectivity index (χ0) is 15.4. The lowest BCUT2D eigenvalue weighted by atomic mass is 10.1. The summed E-state index contributed by atoms with van der Waals surface area (Å²) in [6, 6.07) is 15.1. The van der Waals surface area contributed by atoms with Crippen LogP contribution in [0, 0.1) is 13.8 Å². The average Bonchev–Trinajstić information content (AvgIpc) is 3.01. The molecule has 3 nitrogen and oxygen atoms in total. The van der Waals surface area contributed by atoms with E-state index in [0.717, 1.165) is 18.7 Å². The van der Waals surface area contributed by atoms with Crippen molar-refractivity contribution >= 4 is 0 Å². The summed E-state index contributed by atoms with van der Waals surface area (Å²) in [5, 5.41) is 3.51. The van der Waals surface area contributed by atoms with E-state index in [2.05, 4.69) is 61.6 Å². The molecule has 0 aromatic heterocycles. The topological polar surface area (TPSA) is 30.5 Å². The van der Waals surface area contributed by atoms with E-state index in [4.69, 9.17) is 9.47 Å². The Kier molecular flexibility index (Phi) is 4.88. The molecule has 0 radical (unpaired) electrons. The Morgan fingerprint density at radius 3 is 2.32 bits per heavy atom. The summed E-state index contributed by atoms with van der Waals surface area (Å²) in [7, 11) is 0. The number of nitrogens with one attached hydrogen (secondary N) is 1. The Bertz CT molecular complexity index is 613. The Balaban J connectivity index is 1.58. The molecule has 3 heteroatoms. The fourth-order valence-electron chi connectivity index (χ4n) is 2.92. The van der Waals surface area contributed by atoms with E-state index in [1.165, 1.54) is 22.3 Å². The molecule has 116 valence electrons. The maximum absolute atomic E-state index is 5.55. The number of hydrogen-bond donors (Lipinski definition) is 1. The first-order chi connectivity index (χ1) is 10.7. The molecule has 0 amide bonds. The van der Waals surface area contributed by atoms with Gasteiger partial charge in [-0.1, -0.05) is 47.5 Å². The highest BCUT2D eigenvalue weighted by Gasteiger charge is 2.17. The van der Waals surface area contributed by atoms with Gasteiger partial charge in [-0.15, -0.1) is 0 Å². The van der Waals surface area contributed by atoms with E-state index in [0.29, 0.717) is 13.2 Å². The van der Waals surface area contributed by atoms with E-state index in [-0.39, 0.29) is 6.29 Å². The Labute approximate surface area is 132 Å². The van der Waals surface area contributed by atoms with Crippen LogP contribution in [0.25, 0.3) is 0 Å². The molecule has 2 aromatic carbocycles. The molecule has 1 saturated heterocycles. The molecular formula is C19H23NO2. The van der Waals surface area contributed by atoms with Crippen molar-refractivity contribution in [3.63, 3.8) is 0 Å². The van der Waals surface area contributed by atoms with Crippen LogP contribution in [0.15, 0.2) is 42.5 Å². The Morgan fingerprint density at radius 2 is 1.59 bits per heavy atom. The van der Waals surface area contributed by atoms with Crippen LogP contribution in [-0.2, 0) is 22.6 Å². The van der Waals surface area contributed by atoms with Gasteiger partial charge in [0.05, 0.1) is 13.2 Å². The van der Waals surface area contributed by atoms with Gasteiger partial charge in [0.1, 0.15) is 0 Å². The smallest absolute Gasteiger partial charge is 0.184 e. The van der Waals surface area contributed by atoms with Gasteiger partial charge in [-0.05, 0) is 31.0 Å². The van der Waals surface area contributed by atoms with Crippen molar-refractivity contribution in [2.45, 2.75) is 33.2 Å². The fourth-order valence-corrected chi connectivity index (χ4v) is 2.92. The normalized spacial score (nSPS) is 15.4. The molecule has 3 rings (SSSR count). The number of ether oxygens (including phenoxy) is 2. The van der Waals surface area contributed by atoms with Gasteiger partial charge in [0, 0.05) is 18.7 Å². The van der Waals surface area contributed by atoms with E-state index in [1.54, 1.807) is 0 Å². The summed E-state index contributed by atoms with van der Waals surface area (Å²) in [6.07, 6.45) is -0.195. The van der Waals surface area contributed by atoms with Crippen molar-refractivity contribution < 1.29 is 9.47 Å². The summed E-state index contributed by atoms with van der Waals surface area (Å²) in [5.74, 6) is 0. The summed E-state index contributed by atoms with van der Waals surface area (Å²) < 4.78 is 11.1. The number of hydrogen-bond acceptors (Lipinski definition) is 3. The Morgan fingerprint density at radius 1 is 0.909 bits per heavy atom. The highest BCUT2D eigenvalue weighted by molar-refractivity contribution is 5.29. The fraction of sp³-hybridized carbons (Fsp3) is 0.368. The van der Waals surface area contributed by atoms with Gasteiger partial charge in [0.25, 0.3) is 0 Å². The third kappa shape index (κ3) is 3.95. The van der Waals surface area contributed by atoms with Crippen molar-refractivity contribution in [1.29, 1.82) is 0 Å². The number of rotatable bonds is 5. The minimum Gasteiger partial charge on any atom is -0.346 e. The first-order valence-corrected chi connectivity index (χ1v) is 7.81. The van der Waals surface area contributed by atoms with Crippen LogP contribution in [-0.4, -0.2) is 13.2 Å². The van der Waals surface area contributed by atoms with E-state index in [1.807, 2.05) is 0 Å². The third-order valence-electron chi connectivity index (χ3n) is 3.78. The van der Waals surface area contributed by atoms with Crippen molar-refractivity contribution in [2.75, 3.05) is 13.2 Å². The summed E-state index contributed by atoms with van der Waals surface area (Å²) in [4.78, 5) is 0. The zero-order valence-electron chi connectivity index (χ0n) is 13.3. The van der Waals surface area contributed by atoms with Gasteiger partial charge in [-0.25, -0.2) is 0 Å². The van der Waals surface area contributed by atoms with Gasteiger partial charge in [0.2, 0.25) is 0 Å². The number of benzene rings is 2. The monoisotopic (exact) mass is 297 g/mol. The second-order valence-corrected chi connectivity index (χ2v) is 5.92. The molecule has 0 aliphatic carbocycles. The minimum absolute atomic E-state index is 0.195. The Hall–Kier alpha value is -1.68. The summed E-state index contributed by atoms with van der Waals surface area (Å²) in [6.45, 7) is 7.36. The summed E-state index contributed by atoms with van der Waals surface area (Å²) >= 11 is 0. The average molecular weight is 297 g/mol. The van der Waals surface area contributed by atoms with Crippen molar-refractivity contribution in [3.05, 3.63) is 70.3 Å². The highest BCUT2D eigenvalue weighted by Crippen LogP contribution is 2.23. The third-order valence-corrected chi connectivity index (χ3v) is 3.78. The van der Waals surface area contributed by atoms with Gasteiger partial charge < -0.3 is 14.8 Å². The molecule has 1 aliphatic heterocycles. The van der Waals surface area contributed by atoms with E-state index >= 15 is 0 Å². The first kappa shape index (κ1) is 15.2. The van der Waals surface area contributed by atoms with Crippen LogP contribution in [0.1, 0.15) is 34.1 Å². The van der Waals surface area contributed by atoms with E-state index < -0.39 is 0 Å². The van der Waals surface area contributed by atoms with Crippen LogP contribution < -0.4 is 5.32 Å². The molecule has 0 unspecified atom stereocenters. The molecule has 22 heavy (non-hydrogen) atoms. The second-order valence-electron chi connectivity index (χ2n) is 5.92. The SMILES string of the molecule is Cc1cc(C)cc(CNCc2cccc(C3OCCO3)c2)c1. The molecule has 0 saturated carbocycles. The largest absolute Gasteiger partial charge is 0.346 e. The van der Waals surface area contributed by atoms with Gasteiger partial charge >= 0.3 is 0 Å². The predicted octanol–water partition coefficient (Wildman–Crippen LogP) is 3.64. The molecule has 0 atom stereocenters. The molecule has 0 spiro atoms. The lowest BCUT2D eigenvalue weighted by Gasteiger charge is -2.12. The molecule has 1 N–H and O–H groups in total. The zero-order valence-corrected chi connectivity index (χ0v) is 13.3. The maximum Gasteiger partial charge on any atom is 0.184 e. The van der Waals surface area contributed by atoms with Crippen LogP contribution in [0.3, 0.4) is 0 Å². The van der Waals surface area contributed by atoms with Crippen molar-refractivity contribution in [1.82, 2.24) is 5.32 Å². The quantitative estimate of drug-likeness (QED) is 0.914. The molecule has 1 fully saturated rings.